The lowest BCUT2D eigenvalue weighted by atomic mass is 10.1. The summed E-state index contributed by atoms with van der Waals surface area (Å²) in [6.07, 6.45) is 14.1. The van der Waals surface area contributed by atoms with Crippen molar-refractivity contribution in [2.75, 3.05) is 39.3 Å². The first-order valence-corrected chi connectivity index (χ1v) is 15.8. The van der Waals surface area contributed by atoms with Crippen LogP contribution >= 0.6 is 0 Å². The number of aromatic nitrogens is 2. The van der Waals surface area contributed by atoms with E-state index in [9.17, 15) is 9.59 Å². The monoisotopic (exact) mass is 572 g/mol. The summed E-state index contributed by atoms with van der Waals surface area (Å²) in [5.41, 5.74) is 4.25. The summed E-state index contributed by atoms with van der Waals surface area (Å²) in [5.74, 6) is 0.160. The summed E-state index contributed by atoms with van der Waals surface area (Å²) in [6.45, 7) is 5.39. The number of rotatable bonds is 21. The van der Waals surface area contributed by atoms with E-state index < -0.39 is 0 Å². The molecule has 8 nitrogen and oxygen atoms in total. The highest BCUT2D eigenvalue weighted by atomic mass is 16.2. The van der Waals surface area contributed by atoms with E-state index in [2.05, 4.69) is 43.4 Å². The van der Waals surface area contributed by atoms with Crippen LogP contribution in [0.1, 0.15) is 62.5 Å². The van der Waals surface area contributed by atoms with Crippen LogP contribution in [0.3, 0.4) is 0 Å². The molecule has 0 saturated heterocycles. The Hall–Kier alpha value is -3.62. The SMILES string of the molecule is O=C(Cc1c[nH]c2ccccc12)NCCCNCCCCCCCCNCCCNC(=O)Cc1c[nH]c2ccccc12. The lowest BCUT2D eigenvalue weighted by Gasteiger charge is -2.07. The lowest BCUT2D eigenvalue weighted by molar-refractivity contribution is -0.121. The molecule has 8 heteroatoms. The van der Waals surface area contributed by atoms with Gasteiger partial charge in [0.2, 0.25) is 11.8 Å². The zero-order chi connectivity index (χ0) is 29.2. The summed E-state index contributed by atoms with van der Waals surface area (Å²) >= 11 is 0. The van der Waals surface area contributed by atoms with Gasteiger partial charge in [0.05, 0.1) is 12.8 Å². The molecule has 0 unspecified atom stereocenters. The summed E-state index contributed by atoms with van der Waals surface area (Å²) in [5, 5.41) is 15.3. The largest absolute Gasteiger partial charge is 0.361 e. The molecule has 6 N–H and O–H groups in total. The predicted octanol–water partition coefficient (Wildman–Crippen LogP) is 4.97. The molecule has 2 aromatic heterocycles. The van der Waals surface area contributed by atoms with Crippen LogP contribution < -0.4 is 21.3 Å². The molecule has 4 aromatic rings. The second kappa shape index (κ2) is 18.0. The van der Waals surface area contributed by atoms with Gasteiger partial charge in [0.25, 0.3) is 0 Å². The standard InChI is InChI=1S/C34H48N6O2/c41-33(23-27-25-39-31-15-7-5-13-29(27)31)37-21-11-19-35-17-9-3-1-2-4-10-18-36-20-12-22-38-34(42)24-28-26-40-32-16-8-6-14-30(28)32/h5-8,13-16,25-26,35-36,39-40H,1-4,9-12,17-24H2,(H,37,41)(H,38,42). The van der Waals surface area contributed by atoms with Crippen molar-refractivity contribution in [3.63, 3.8) is 0 Å². The molecule has 2 heterocycles. The summed E-state index contributed by atoms with van der Waals surface area (Å²) < 4.78 is 0. The van der Waals surface area contributed by atoms with Crippen molar-refractivity contribution in [2.45, 2.75) is 64.2 Å². The fraction of sp³-hybridized carbons (Fsp3) is 0.471. The topological polar surface area (TPSA) is 114 Å². The molecule has 0 spiro atoms. The van der Waals surface area contributed by atoms with Gasteiger partial charge in [-0.1, -0.05) is 62.1 Å². The van der Waals surface area contributed by atoms with Crippen molar-refractivity contribution in [3.8, 4) is 0 Å². The van der Waals surface area contributed by atoms with Gasteiger partial charge in [-0.25, -0.2) is 0 Å². The van der Waals surface area contributed by atoms with Crippen LogP contribution in [0, 0.1) is 0 Å². The van der Waals surface area contributed by atoms with Crippen LogP contribution in [0.15, 0.2) is 60.9 Å². The van der Waals surface area contributed by atoms with E-state index >= 15 is 0 Å². The number of unbranched alkanes of at least 4 members (excludes halogenated alkanes) is 5. The van der Waals surface area contributed by atoms with Crippen LogP contribution in [0.25, 0.3) is 21.8 Å². The maximum Gasteiger partial charge on any atom is 0.224 e. The molecule has 2 amide bonds. The number of hydrogen-bond acceptors (Lipinski definition) is 4. The van der Waals surface area contributed by atoms with Crippen molar-refractivity contribution in [1.29, 1.82) is 0 Å². The fourth-order valence-electron chi connectivity index (χ4n) is 5.37. The Bertz CT molecular complexity index is 1260. The molecular weight excluding hydrogens is 524 g/mol. The van der Waals surface area contributed by atoms with Gasteiger partial charge in [0.15, 0.2) is 0 Å². The third-order valence-corrected chi connectivity index (χ3v) is 7.71. The van der Waals surface area contributed by atoms with Gasteiger partial charge in [-0.2, -0.15) is 0 Å². The molecule has 0 radical (unpaired) electrons. The van der Waals surface area contributed by atoms with Crippen LogP contribution in [0.5, 0.6) is 0 Å². The minimum Gasteiger partial charge on any atom is -0.361 e. The van der Waals surface area contributed by atoms with E-state index in [1.165, 1.54) is 38.5 Å². The number of H-pyrrole nitrogens is 2. The first-order valence-electron chi connectivity index (χ1n) is 15.8. The number of nitrogens with one attached hydrogen (secondary N) is 6. The quantitative estimate of drug-likeness (QED) is 0.0792. The van der Waals surface area contributed by atoms with Crippen LogP contribution in [-0.4, -0.2) is 61.1 Å². The molecule has 0 fully saturated rings. The minimum atomic E-state index is 0.0802. The average molecular weight is 573 g/mol. The van der Waals surface area contributed by atoms with E-state index in [1.54, 1.807) is 0 Å². The van der Waals surface area contributed by atoms with E-state index in [4.69, 9.17) is 0 Å². The number of amides is 2. The van der Waals surface area contributed by atoms with Crippen molar-refractivity contribution in [2.24, 2.45) is 0 Å². The number of benzene rings is 2. The van der Waals surface area contributed by atoms with Gasteiger partial charge in [-0.3, -0.25) is 9.59 Å². The average Bonchev–Trinajstić information content (AvgIpc) is 3.60. The molecule has 226 valence electrons. The third-order valence-electron chi connectivity index (χ3n) is 7.71. The molecule has 0 bridgehead atoms. The molecule has 0 aliphatic heterocycles. The Kier molecular flexibility index (Phi) is 13.4. The Morgan fingerprint density at radius 1 is 0.500 bits per heavy atom. The van der Waals surface area contributed by atoms with Crippen LogP contribution in [-0.2, 0) is 22.4 Å². The lowest BCUT2D eigenvalue weighted by Crippen LogP contribution is -2.28. The molecule has 0 aliphatic carbocycles. The maximum absolute atomic E-state index is 12.2. The molecule has 42 heavy (non-hydrogen) atoms. The van der Waals surface area contributed by atoms with Crippen molar-refractivity contribution in [3.05, 3.63) is 72.1 Å². The van der Waals surface area contributed by atoms with E-state index in [-0.39, 0.29) is 11.8 Å². The van der Waals surface area contributed by atoms with E-state index in [0.29, 0.717) is 25.9 Å². The van der Waals surface area contributed by atoms with Gasteiger partial charge in [0, 0.05) is 47.3 Å². The van der Waals surface area contributed by atoms with Gasteiger partial charge >= 0.3 is 0 Å². The number of hydrogen-bond donors (Lipinski definition) is 6. The molecule has 0 atom stereocenters. The first-order chi connectivity index (χ1) is 20.7. The first kappa shape index (κ1) is 31.3. The highest BCUT2D eigenvalue weighted by Gasteiger charge is 2.09. The van der Waals surface area contributed by atoms with Crippen molar-refractivity contribution >= 4 is 33.6 Å². The van der Waals surface area contributed by atoms with Gasteiger partial charge < -0.3 is 31.2 Å². The molecule has 4 rings (SSSR count). The molecular formula is C34H48N6O2. The molecule has 0 saturated carbocycles. The predicted molar refractivity (Wildman–Crippen MR) is 173 cm³/mol. The second-order valence-electron chi connectivity index (χ2n) is 11.1. The number of fused-ring (bicyclic) bond motifs is 2. The second-order valence-corrected chi connectivity index (χ2v) is 11.1. The smallest absolute Gasteiger partial charge is 0.224 e. The Labute approximate surface area is 249 Å². The Balaban J connectivity index is 0.867. The van der Waals surface area contributed by atoms with Crippen molar-refractivity contribution in [1.82, 2.24) is 31.2 Å². The zero-order valence-corrected chi connectivity index (χ0v) is 24.9. The number of aromatic amines is 2. The van der Waals surface area contributed by atoms with Gasteiger partial charge in [0.1, 0.15) is 0 Å². The minimum absolute atomic E-state index is 0.0802. The summed E-state index contributed by atoms with van der Waals surface area (Å²) in [6, 6.07) is 16.2. The van der Waals surface area contributed by atoms with E-state index in [0.717, 1.165) is 72.0 Å². The summed E-state index contributed by atoms with van der Waals surface area (Å²) in [4.78, 5) is 30.9. The normalized spacial score (nSPS) is 11.3. The zero-order valence-electron chi connectivity index (χ0n) is 24.9. The Morgan fingerprint density at radius 3 is 1.38 bits per heavy atom. The highest BCUT2D eigenvalue weighted by molar-refractivity contribution is 5.89. The third kappa shape index (κ3) is 10.7. The Morgan fingerprint density at radius 2 is 0.905 bits per heavy atom. The number of para-hydroxylation sites is 2. The van der Waals surface area contributed by atoms with E-state index in [1.807, 2.05) is 48.8 Å². The number of carbonyl (C=O) groups excluding carboxylic acids is 2. The highest BCUT2D eigenvalue weighted by Crippen LogP contribution is 2.19. The van der Waals surface area contributed by atoms with Gasteiger partial charge in [-0.05, 0) is 75.1 Å². The van der Waals surface area contributed by atoms with Crippen molar-refractivity contribution < 1.29 is 9.59 Å². The molecule has 2 aromatic carbocycles. The fourth-order valence-corrected chi connectivity index (χ4v) is 5.37. The van der Waals surface area contributed by atoms with Crippen LogP contribution in [0.4, 0.5) is 0 Å². The summed E-state index contributed by atoms with van der Waals surface area (Å²) in [7, 11) is 0. The molecule has 0 aliphatic rings. The van der Waals surface area contributed by atoms with Crippen LogP contribution in [0.2, 0.25) is 0 Å². The maximum atomic E-state index is 12.2. The van der Waals surface area contributed by atoms with Gasteiger partial charge in [-0.15, -0.1) is 0 Å². The number of carbonyl (C=O) groups is 2.